The molecule has 11 aromatic carbocycles. The van der Waals surface area contributed by atoms with Crippen LogP contribution in [0.4, 0.5) is 0 Å². The summed E-state index contributed by atoms with van der Waals surface area (Å²) in [6.07, 6.45) is 6.44. The van der Waals surface area contributed by atoms with E-state index in [-0.39, 0.29) is 54.2 Å². The van der Waals surface area contributed by atoms with Gasteiger partial charge in [0.1, 0.15) is 56.5 Å². The number of hydrogen-bond donors (Lipinski definition) is 0. The Hall–Kier alpha value is -11.0. The van der Waals surface area contributed by atoms with E-state index in [1.165, 1.54) is 143 Å². The molecule has 7 nitrogen and oxygen atoms in total. The minimum absolute atomic E-state index is 0.0123. The van der Waals surface area contributed by atoms with E-state index in [1.54, 1.807) is 0 Å². The van der Waals surface area contributed by atoms with Crippen molar-refractivity contribution in [2.24, 2.45) is 0 Å². The second-order valence-electron chi connectivity index (χ2n) is 23.4. The first kappa shape index (κ1) is 43.6. The van der Waals surface area contributed by atoms with Crippen molar-refractivity contribution < 1.29 is 29.2 Å². The Morgan fingerprint density at radius 1 is 0.443 bits per heavy atom. The lowest BCUT2D eigenvalue weighted by atomic mass is 9.98. The van der Waals surface area contributed by atoms with Crippen LogP contribution in [0.2, 0.25) is 0 Å². The summed E-state index contributed by atoms with van der Waals surface area (Å²) in [5.41, 5.74) is 21.7. The van der Waals surface area contributed by atoms with E-state index in [1.807, 2.05) is 0 Å². The van der Waals surface area contributed by atoms with Gasteiger partial charge in [0.15, 0.2) is 29.4 Å². The highest BCUT2D eigenvalue weighted by molar-refractivity contribution is 6.13. The monoisotopic (exact) mass is 1140 g/mol. The third-order valence-corrected chi connectivity index (χ3v) is 18.2. The van der Waals surface area contributed by atoms with Gasteiger partial charge < -0.3 is 0 Å². The van der Waals surface area contributed by atoms with Crippen molar-refractivity contribution >= 4 is 59.9 Å². The van der Waals surface area contributed by atoms with Gasteiger partial charge in [-0.05, 0) is 103 Å². The van der Waals surface area contributed by atoms with Crippen LogP contribution in [0.15, 0.2) is 279 Å². The fraction of sp³-hybridized carbons (Fsp3) is 0.0864. The van der Waals surface area contributed by atoms with Gasteiger partial charge in [0, 0.05) is 61.4 Å². The van der Waals surface area contributed by atoms with E-state index in [0.717, 1.165) is 19.6 Å². The first-order valence-corrected chi connectivity index (χ1v) is 30.1. The van der Waals surface area contributed by atoms with Crippen LogP contribution in [0.25, 0.3) is 117 Å². The van der Waals surface area contributed by atoms with E-state index < -0.39 is 12.1 Å². The van der Waals surface area contributed by atoms with Gasteiger partial charge in [0.05, 0.1) is 31.7 Å². The fourth-order valence-electron chi connectivity index (χ4n) is 14.3. The molecular formula is C81H63N7+4. The van der Waals surface area contributed by atoms with Crippen LogP contribution in [-0.4, -0.2) is 13.5 Å². The zero-order chi connectivity index (χ0) is 65.5. The lowest BCUT2D eigenvalue weighted by Crippen LogP contribution is -2.31. The van der Waals surface area contributed by atoms with Crippen molar-refractivity contribution in [3.63, 3.8) is 0 Å². The molecule has 4 aliphatic heterocycles. The maximum atomic E-state index is 7.98. The van der Waals surface area contributed by atoms with Gasteiger partial charge in [-0.3, -0.25) is 0 Å². The Morgan fingerprint density at radius 3 is 1.88 bits per heavy atom. The molecule has 0 N–H and O–H groups in total. The molecule has 0 fully saturated rings. The van der Waals surface area contributed by atoms with Crippen molar-refractivity contribution in [2.75, 3.05) is 0 Å². The van der Waals surface area contributed by atoms with E-state index in [2.05, 4.69) is 279 Å². The zero-order valence-corrected chi connectivity index (χ0v) is 48.9. The standard InChI is InChI=1S/C25H21N2.C24H17N2.C20H15N2.C12H10N/c1-15-10-11-21-20(12-15)19-9-5-8-18-13-26-14-22(27(21)25(26)24(18)19)23-16(2)6-4-7-17(23)3;1-3-11-19-17(8-1)10-7-15-21(19)26-23-14-6-5-13-22(23)25-16-18-9-2-4-12-20(18)24(25)26;1-3-9-17-15(6-1)8-5-11-19(17)22-13-12-21-14-16-7-2-4-10-18(16)20(21)22;1-2-6-11-10(5-1)9-13-8-4-3-7-12(11)13/h4-12,14H,13H2,1-3H3;1-15H,16H2;1-13H,14H2;1-8H,9H2/q4*+1/i;;;1D,2D,3D,4D,5D,6D,7D,8D. The van der Waals surface area contributed by atoms with E-state index in [9.17, 15) is 0 Å². The average Bonchev–Trinajstić information content (AvgIpc) is 1.54. The number of imidazole rings is 3. The molecule has 9 heterocycles. The number of para-hydroxylation sites is 2. The van der Waals surface area contributed by atoms with Crippen molar-refractivity contribution in [1.29, 1.82) is 0 Å². The molecule has 4 aliphatic rings. The summed E-state index contributed by atoms with van der Waals surface area (Å²) in [6, 6.07) is 74.3. The molecule has 88 heavy (non-hydrogen) atoms. The largest absolute Gasteiger partial charge is 0.295 e. The third kappa shape index (κ3) is 8.18. The molecule has 16 aromatic rings. The van der Waals surface area contributed by atoms with Crippen molar-refractivity contribution in [2.45, 2.75) is 47.0 Å². The Bertz CT molecular complexity index is 5920. The highest BCUT2D eigenvalue weighted by atomic mass is 15.2. The van der Waals surface area contributed by atoms with Crippen molar-refractivity contribution in [3.8, 4) is 56.7 Å². The lowest BCUT2D eigenvalue weighted by molar-refractivity contribution is -0.672. The van der Waals surface area contributed by atoms with Gasteiger partial charge in [0.2, 0.25) is 5.69 Å². The Morgan fingerprint density at radius 2 is 1.06 bits per heavy atom. The number of benzene rings is 11. The molecule has 0 radical (unpaired) electrons. The second-order valence-corrected chi connectivity index (χ2v) is 23.4. The highest BCUT2D eigenvalue weighted by Crippen LogP contribution is 2.40. The van der Waals surface area contributed by atoms with Gasteiger partial charge in [-0.2, -0.15) is 18.1 Å². The van der Waals surface area contributed by atoms with Gasteiger partial charge in [-0.15, -0.1) is 0 Å². The summed E-state index contributed by atoms with van der Waals surface area (Å²) >= 11 is 0. The molecule has 0 bridgehead atoms. The van der Waals surface area contributed by atoms with Crippen LogP contribution in [0.1, 0.15) is 49.9 Å². The van der Waals surface area contributed by atoms with Crippen LogP contribution in [0, 0.1) is 20.8 Å². The number of pyridine rings is 2. The Balaban J connectivity index is 0.0000000974. The molecule has 0 saturated carbocycles. The SMILES string of the molecule is Cc1ccc2c(c1)c1cccc3c1c1n2c(-c2c(C)cccc2C)c[n+]1C3.[2H]c1c([2H])c([2H])c2c(c1[2H])C[n+]1c([2H])c([2H])c([2H])c([2H])c1-2.c1ccc2c(c1)C[n+]1c-2n(-c2cccc3ccccc23)c2ccccc21.c1ccc2c(c1)C[n+]1ccn(-c3cccc4ccccc34)c1-2. The van der Waals surface area contributed by atoms with Gasteiger partial charge in [-0.25, -0.2) is 13.7 Å². The normalized spacial score (nSPS) is 13.8. The van der Waals surface area contributed by atoms with E-state index >= 15 is 0 Å². The number of aryl methyl sites for hydroxylation is 3. The molecule has 20 rings (SSSR count). The van der Waals surface area contributed by atoms with Crippen LogP contribution in [0.5, 0.6) is 0 Å². The Labute approximate surface area is 522 Å². The first-order chi connectivity index (χ1) is 46.7. The molecule has 0 atom stereocenters. The highest BCUT2D eigenvalue weighted by Gasteiger charge is 2.36. The molecule has 0 saturated heterocycles. The van der Waals surface area contributed by atoms with Crippen molar-refractivity contribution in [1.82, 2.24) is 13.5 Å². The van der Waals surface area contributed by atoms with Crippen LogP contribution in [0.3, 0.4) is 0 Å². The summed E-state index contributed by atoms with van der Waals surface area (Å²) in [5.74, 6) is 2.55. The van der Waals surface area contributed by atoms with Gasteiger partial charge in [-0.1, -0.05) is 187 Å². The fourth-order valence-corrected chi connectivity index (χ4v) is 14.3. The number of aromatic nitrogens is 7. The van der Waals surface area contributed by atoms with E-state index in [0.29, 0.717) is 5.56 Å². The molecule has 418 valence electrons. The molecule has 0 spiro atoms. The Kier molecular flexibility index (Phi) is 10.2. The molecule has 7 heteroatoms. The van der Waals surface area contributed by atoms with Crippen LogP contribution < -0.4 is 18.3 Å². The summed E-state index contributed by atoms with van der Waals surface area (Å²) in [7, 11) is 0. The topological polar surface area (TPSA) is 29.8 Å². The first-order valence-electron chi connectivity index (χ1n) is 34.1. The average molecular weight is 1140 g/mol. The summed E-state index contributed by atoms with van der Waals surface area (Å²) < 4.78 is 78.3. The minimum atomic E-state index is -0.411. The summed E-state index contributed by atoms with van der Waals surface area (Å²) in [5, 5.41) is 9.24. The molecular weight excluding hydrogens is 1070 g/mol. The summed E-state index contributed by atoms with van der Waals surface area (Å²) in [4.78, 5) is 0. The molecule has 5 aromatic heterocycles. The lowest BCUT2D eigenvalue weighted by Gasteiger charge is -2.09. The predicted molar refractivity (Wildman–Crippen MR) is 356 cm³/mol. The van der Waals surface area contributed by atoms with E-state index in [4.69, 9.17) is 11.0 Å². The maximum Gasteiger partial charge on any atom is 0.295 e. The predicted octanol–water partition coefficient (Wildman–Crippen LogP) is 16.5. The van der Waals surface area contributed by atoms with Crippen LogP contribution >= 0.6 is 0 Å². The second kappa shape index (κ2) is 20.6. The number of rotatable bonds is 3. The molecule has 0 unspecified atom stereocenters. The minimum Gasteiger partial charge on any atom is -0.225 e. The quantitative estimate of drug-likeness (QED) is 0.125. The number of hydrogen-bond acceptors (Lipinski definition) is 0. The molecule has 0 aliphatic carbocycles. The van der Waals surface area contributed by atoms with Crippen molar-refractivity contribution in [3.05, 3.63) is 318 Å². The third-order valence-electron chi connectivity index (χ3n) is 18.2. The van der Waals surface area contributed by atoms with Gasteiger partial charge in [0.25, 0.3) is 17.3 Å². The van der Waals surface area contributed by atoms with Crippen LogP contribution in [-0.2, 0) is 26.2 Å². The molecule has 0 amide bonds. The number of fused-ring (bicyclic) bond motifs is 16. The van der Waals surface area contributed by atoms with Gasteiger partial charge >= 0.3 is 0 Å². The summed E-state index contributed by atoms with van der Waals surface area (Å²) in [6.45, 7) is 9.48. The zero-order valence-electron chi connectivity index (χ0n) is 56.9. The number of nitrogens with zero attached hydrogens (tertiary/aromatic N) is 7. The smallest absolute Gasteiger partial charge is 0.225 e. The maximum absolute atomic E-state index is 7.98.